The van der Waals surface area contributed by atoms with Crippen LogP contribution >= 0.6 is 0 Å². The number of aryl methyl sites for hydroxylation is 1. The van der Waals surface area contributed by atoms with Crippen molar-refractivity contribution in [1.29, 1.82) is 0 Å². The van der Waals surface area contributed by atoms with Crippen molar-refractivity contribution in [3.63, 3.8) is 0 Å². The van der Waals surface area contributed by atoms with E-state index >= 15 is 0 Å². The van der Waals surface area contributed by atoms with Gasteiger partial charge in [0.25, 0.3) is 0 Å². The van der Waals surface area contributed by atoms with E-state index in [-0.39, 0.29) is 11.9 Å². The molecule has 2 unspecified atom stereocenters. The van der Waals surface area contributed by atoms with Gasteiger partial charge in [-0.1, -0.05) is 30.3 Å². The number of hydrogen-bond acceptors (Lipinski definition) is 3. The number of likely N-dealkylation sites (tertiary alicyclic amines) is 1. The summed E-state index contributed by atoms with van der Waals surface area (Å²) in [5.41, 5.74) is 6.99. The van der Waals surface area contributed by atoms with Gasteiger partial charge in [0.05, 0.1) is 0 Å². The number of furan rings is 1. The molecule has 4 nitrogen and oxygen atoms in total. The largest absolute Gasteiger partial charge is 0.464 e. The number of nitrogens with zero attached hydrogens (tertiary/aromatic N) is 1. The molecule has 1 aromatic heterocycles. The molecule has 0 spiro atoms. The third-order valence-corrected chi connectivity index (χ3v) is 3.49. The summed E-state index contributed by atoms with van der Waals surface area (Å²) in [6.45, 7) is 2.45. The number of rotatable bonds is 3. The highest BCUT2D eigenvalue weighted by Crippen LogP contribution is 2.35. The Labute approximate surface area is 111 Å². The van der Waals surface area contributed by atoms with Gasteiger partial charge in [0.15, 0.2) is 0 Å². The van der Waals surface area contributed by atoms with E-state index in [1.165, 1.54) is 0 Å². The standard InChI is InChI=1S/C15H16N2O2/c1-10-7-8-12(19-10)14-13(16)15(18)17(14)9-11-5-3-2-4-6-11/h2-8,13-14H,9,16H2,1H3. The van der Waals surface area contributed by atoms with E-state index in [1.807, 2.05) is 49.4 Å². The summed E-state index contributed by atoms with van der Waals surface area (Å²) in [7, 11) is 0. The van der Waals surface area contributed by atoms with Gasteiger partial charge in [-0.3, -0.25) is 4.79 Å². The molecule has 0 aliphatic carbocycles. The molecule has 2 atom stereocenters. The van der Waals surface area contributed by atoms with Gasteiger partial charge in [-0.15, -0.1) is 0 Å². The lowest BCUT2D eigenvalue weighted by Crippen LogP contribution is -2.62. The van der Waals surface area contributed by atoms with E-state index in [2.05, 4.69) is 0 Å². The van der Waals surface area contributed by atoms with Crippen molar-refractivity contribution in [3.05, 3.63) is 59.5 Å². The molecule has 1 aromatic carbocycles. The Kier molecular flexibility index (Phi) is 2.87. The monoisotopic (exact) mass is 256 g/mol. The topological polar surface area (TPSA) is 59.5 Å². The lowest BCUT2D eigenvalue weighted by atomic mass is 9.93. The van der Waals surface area contributed by atoms with E-state index in [0.29, 0.717) is 6.54 Å². The van der Waals surface area contributed by atoms with Crippen molar-refractivity contribution in [2.45, 2.75) is 25.6 Å². The number of carbonyl (C=O) groups excluding carboxylic acids is 1. The molecule has 2 N–H and O–H groups in total. The zero-order chi connectivity index (χ0) is 13.4. The van der Waals surface area contributed by atoms with Gasteiger partial charge in [0.2, 0.25) is 5.91 Å². The van der Waals surface area contributed by atoms with Crippen LogP contribution in [0.4, 0.5) is 0 Å². The van der Waals surface area contributed by atoms with Crippen LogP contribution in [-0.2, 0) is 11.3 Å². The lowest BCUT2D eigenvalue weighted by molar-refractivity contribution is -0.151. The Balaban J connectivity index is 1.82. The number of hydrogen-bond donors (Lipinski definition) is 1. The fourth-order valence-electron chi connectivity index (χ4n) is 2.47. The summed E-state index contributed by atoms with van der Waals surface area (Å²) in [5, 5.41) is 0. The molecule has 4 heteroatoms. The number of amides is 1. The SMILES string of the molecule is Cc1ccc(C2C(N)C(=O)N2Cc2ccccc2)o1. The minimum Gasteiger partial charge on any atom is -0.464 e. The van der Waals surface area contributed by atoms with Crippen LogP contribution in [0.3, 0.4) is 0 Å². The second kappa shape index (κ2) is 4.55. The molecule has 2 aromatic rings. The normalized spacial score (nSPS) is 22.4. The Morgan fingerprint density at radius 1 is 1.21 bits per heavy atom. The summed E-state index contributed by atoms with van der Waals surface area (Å²) in [5.74, 6) is 1.57. The molecule has 1 amide bonds. The maximum atomic E-state index is 11.9. The molecule has 1 fully saturated rings. The minimum absolute atomic E-state index is 0.0251. The predicted molar refractivity (Wildman–Crippen MR) is 71.2 cm³/mol. The quantitative estimate of drug-likeness (QED) is 0.854. The summed E-state index contributed by atoms with van der Waals surface area (Å²) < 4.78 is 5.60. The molecule has 1 saturated heterocycles. The molecule has 0 saturated carbocycles. The van der Waals surface area contributed by atoms with Gasteiger partial charge in [-0.25, -0.2) is 0 Å². The molecule has 3 rings (SSSR count). The maximum Gasteiger partial charge on any atom is 0.243 e. The van der Waals surface area contributed by atoms with Gasteiger partial charge in [-0.2, -0.15) is 0 Å². The van der Waals surface area contributed by atoms with Crippen molar-refractivity contribution < 1.29 is 9.21 Å². The average molecular weight is 256 g/mol. The van der Waals surface area contributed by atoms with E-state index in [4.69, 9.17) is 10.2 Å². The van der Waals surface area contributed by atoms with Crippen LogP contribution in [0.25, 0.3) is 0 Å². The van der Waals surface area contributed by atoms with Gasteiger partial charge in [-0.05, 0) is 24.6 Å². The highest BCUT2D eigenvalue weighted by molar-refractivity contribution is 5.89. The first kappa shape index (κ1) is 12.0. The van der Waals surface area contributed by atoms with Gasteiger partial charge in [0, 0.05) is 6.54 Å². The van der Waals surface area contributed by atoms with Crippen molar-refractivity contribution in [3.8, 4) is 0 Å². The molecule has 0 bridgehead atoms. The Bertz CT molecular complexity index is 591. The Hall–Kier alpha value is -2.07. The van der Waals surface area contributed by atoms with Crippen molar-refractivity contribution in [1.82, 2.24) is 4.90 Å². The van der Waals surface area contributed by atoms with E-state index in [1.54, 1.807) is 4.90 Å². The third-order valence-electron chi connectivity index (χ3n) is 3.49. The fraction of sp³-hybridized carbons (Fsp3) is 0.267. The maximum absolute atomic E-state index is 11.9. The van der Waals surface area contributed by atoms with E-state index in [0.717, 1.165) is 17.1 Å². The van der Waals surface area contributed by atoms with Crippen molar-refractivity contribution in [2.75, 3.05) is 0 Å². The smallest absolute Gasteiger partial charge is 0.243 e. The van der Waals surface area contributed by atoms with Crippen LogP contribution < -0.4 is 5.73 Å². The van der Waals surface area contributed by atoms with Gasteiger partial charge in [0.1, 0.15) is 23.6 Å². The van der Waals surface area contributed by atoms with Crippen LogP contribution in [-0.4, -0.2) is 16.8 Å². The molecule has 0 radical (unpaired) electrons. The molecular formula is C15H16N2O2. The van der Waals surface area contributed by atoms with Crippen LogP contribution in [0.5, 0.6) is 0 Å². The molecule has 19 heavy (non-hydrogen) atoms. The number of nitrogens with two attached hydrogens (primary N) is 1. The lowest BCUT2D eigenvalue weighted by Gasteiger charge is -2.44. The van der Waals surface area contributed by atoms with Crippen LogP contribution in [0.15, 0.2) is 46.9 Å². The predicted octanol–water partition coefficient (Wildman–Crippen LogP) is 2.00. The van der Waals surface area contributed by atoms with Crippen LogP contribution in [0, 0.1) is 6.92 Å². The number of β-lactam (4-membered cyclic amide) rings is 1. The zero-order valence-electron chi connectivity index (χ0n) is 10.7. The summed E-state index contributed by atoms with van der Waals surface area (Å²) in [6.07, 6.45) is 0. The summed E-state index contributed by atoms with van der Waals surface area (Å²) >= 11 is 0. The van der Waals surface area contributed by atoms with Crippen molar-refractivity contribution in [2.24, 2.45) is 5.73 Å². The van der Waals surface area contributed by atoms with Crippen molar-refractivity contribution >= 4 is 5.91 Å². The highest BCUT2D eigenvalue weighted by Gasteiger charge is 2.47. The summed E-state index contributed by atoms with van der Waals surface area (Å²) in [6, 6.07) is 13.0. The van der Waals surface area contributed by atoms with E-state index < -0.39 is 6.04 Å². The van der Waals surface area contributed by atoms with E-state index in [9.17, 15) is 4.79 Å². The minimum atomic E-state index is -0.491. The first-order valence-corrected chi connectivity index (χ1v) is 6.33. The second-order valence-corrected chi connectivity index (χ2v) is 4.87. The van der Waals surface area contributed by atoms with Crippen LogP contribution in [0.2, 0.25) is 0 Å². The van der Waals surface area contributed by atoms with Gasteiger partial charge >= 0.3 is 0 Å². The first-order valence-electron chi connectivity index (χ1n) is 6.33. The van der Waals surface area contributed by atoms with Crippen LogP contribution in [0.1, 0.15) is 23.1 Å². The third kappa shape index (κ3) is 2.04. The molecule has 2 heterocycles. The number of carbonyl (C=O) groups is 1. The highest BCUT2D eigenvalue weighted by atomic mass is 16.3. The molecular weight excluding hydrogens is 240 g/mol. The molecule has 1 aliphatic heterocycles. The number of benzene rings is 1. The summed E-state index contributed by atoms with van der Waals surface area (Å²) in [4.78, 5) is 13.7. The molecule has 1 aliphatic rings. The zero-order valence-corrected chi connectivity index (χ0v) is 10.7. The first-order chi connectivity index (χ1) is 9.16. The Morgan fingerprint density at radius 2 is 1.95 bits per heavy atom. The second-order valence-electron chi connectivity index (χ2n) is 4.87. The van der Waals surface area contributed by atoms with Gasteiger partial charge < -0.3 is 15.1 Å². The average Bonchev–Trinajstić information content (AvgIpc) is 2.85. The fourth-order valence-corrected chi connectivity index (χ4v) is 2.47. The Morgan fingerprint density at radius 3 is 2.58 bits per heavy atom. The molecule has 98 valence electrons.